The van der Waals surface area contributed by atoms with Gasteiger partial charge in [-0.2, -0.15) is 0 Å². The van der Waals surface area contributed by atoms with Crippen molar-refractivity contribution in [2.75, 3.05) is 0 Å². The van der Waals surface area contributed by atoms with Crippen LogP contribution in [0, 0.1) is 40.5 Å². The topological polar surface area (TPSA) is 230 Å². The fraction of sp³-hybridized carbons (Fsp3) is 0. The Morgan fingerprint density at radius 1 is 0.475 bits per heavy atom. The second kappa shape index (κ2) is 9.86. The number of H-pyrrole nitrogens is 2. The summed E-state index contributed by atoms with van der Waals surface area (Å²) in [6.45, 7) is 0. The lowest BCUT2D eigenvalue weighted by atomic mass is 10.2. The highest BCUT2D eigenvalue weighted by atomic mass is 16.6. The van der Waals surface area contributed by atoms with Gasteiger partial charge in [-0.1, -0.05) is 0 Å². The molecule has 0 unspecified atom stereocenters. The number of nitro groups is 4. The second-order valence-electron chi connectivity index (χ2n) is 8.21. The van der Waals surface area contributed by atoms with E-state index in [4.69, 9.17) is 8.83 Å². The van der Waals surface area contributed by atoms with Gasteiger partial charge in [-0.15, -0.1) is 0 Å². The van der Waals surface area contributed by atoms with Crippen LogP contribution >= 0.6 is 0 Å². The van der Waals surface area contributed by atoms with Crippen molar-refractivity contribution in [3.63, 3.8) is 0 Å². The van der Waals surface area contributed by atoms with Gasteiger partial charge in [0.15, 0.2) is 0 Å². The van der Waals surface area contributed by atoms with Crippen LogP contribution in [0.25, 0.3) is 44.4 Å². The summed E-state index contributed by atoms with van der Waals surface area (Å²) in [5.74, 6) is 0. The zero-order valence-corrected chi connectivity index (χ0v) is 19.8. The minimum atomic E-state index is -0.814. The third kappa shape index (κ3) is 4.94. The third-order valence-electron chi connectivity index (χ3n) is 5.66. The molecule has 8 bridgehead atoms. The van der Waals surface area contributed by atoms with E-state index in [9.17, 15) is 40.5 Å². The number of hydrogen-bond donors (Lipinski definition) is 2. The van der Waals surface area contributed by atoms with Crippen LogP contribution in [0.1, 0.15) is 0 Å². The van der Waals surface area contributed by atoms with Crippen LogP contribution in [-0.4, -0.2) is 29.7 Å². The molecule has 0 aliphatic heterocycles. The van der Waals surface area contributed by atoms with Gasteiger partial charge in [0.1, 0.15) is 34.3 Å². The summed E-state index contributed by atoms with van der Waals surface area (Å²) in [7, 11) is 0. The van der Waals surface area contributed by atoms with Crippen molar-refractivity contribution in [1.82, 2.24) is 9.97 Å². The van der Waals surface area contributed by atoms with Gasteiger partial charge in [0.2, 0.25) is 11.2 Å². The molecule has 16 heteroatoms. The molecule has 8 aromatic rings. The molecule has 0 spiro atoms. The van der Waals surface area contributed by atoms with Crippen LogP contribution in [0.15, 0.2) is 81.6 Å². The average Bonchev–Trinajstić information content (AvgIpc) is 2.90. The number of benzene rings is 4. The van der Waals surface area contributed by atoms with Gasteiger partial charge in [-0.25, -0.2) is 0 Å². The Kier molecular flexibility index (Phi) is 6.24. The third-order valence-corrected chi connectivity index (χ3v) is 5.66. The predicted octanol–water partition coefficient (Wildman–Crippen LogP) is 6.59. The standard InChI is InChI=1S/C24H14N6O10/c31-27(32)19-11-22(30(37)38)24-9-17(19)25-13-1-5-15(6-2-13)39-23-10-18(20(28(33)34)12-21(23)29(35)36)26-14-3-7-16(40-24)8-4-14/h1-12,25-26H. The lowest BCUT2D eigenvalue weighted by Crippen LogP contribution is -1.95. The number of non-ortho nitro benzene ring substituents is 4. The molecule has 4 heterocycles. The molecular formula is C24H14N6O10. The number of aromatic amines is 2. The average molecular weight is 546 g/mol. The first kappa shape index (κ1) is 25.3. The van der Waals surface area contributed by atoms with Crippen molar-refractivity contribution < 1.29 is 28.5 Å². The second-order valence-corrected chi connectivity index (χ2v) is 8.21. The number of aromatic nitrogens is 2. The maximum Gasteiger partial charge on any atom is 0.318 e. The SMILES string of the molecule is O=[N+]([O-])c1cc([N+](=O)[O-])c2cc1[nH]c1ccc(cc1)oc1cc([nH]c3ccc(cc3)o2)c([N+](=O)[O-])cc1[N+](=O)[O-]. The summed E-state index contributed by atoms with van der Waals surface area (Å²) in [5.41, 5.74) is -2.39. The molecule has 4 aromatic carbocycles. The number of nitrogens with one attached hydrogen (secondary N) is 2. The Morgan fingerprint density at radius 2 is 0.800 bits per heavy atom. The summed E-state index contributed by atoms with van der Waals surface area (Å²) in [4.78, 5) is 49.1. The van der Waals surface area contributed by atoms with Gasteiger partial charge in [-0.3, -0.25) is 40.5 Å². The maximum absolute atomic E-state index is 11.7. The summed E-state index contributed by atoms with van der Waals surface area (Å²) in [6, 6.07) is 15.1. The zero-order chi connectivity index (χ0) is 28.6. The predicted molar refractivity (Wildman–Crippen MR) is 140 cm³/mol. The van der Waals surface area contributed by atoms with E-state index in [0.717, 1.165) is 24.3 Å². The Bertz CT molecular complexity index is 1720. The molecule has 2 N–H and O–H groups in total. The van der Waals surface area contributed by atoms with Crippen LogP contribution in [0.2, 0.25) is 0 Å². The number of nitro benzene ring substituents is 4. The van der Waals surface area contributed by atoms with E-state index in [2.05, 4.69) is 9.97 Å². The summed E-state index contributed by atoms with van der Waals surface area (Å²) in [5, 5.41) is 46.7. The maximum atomic E-state index is 11.7. The lowest BCUT2D eigenvalue weighted by molar-refractivity contribution is -0.392. The fourth-order valence-corrected chi connectivity index (χ4v) is 3.84. The molecule has 0 radical (unpaired) electrons. The molecule has 0 aliphatic rings. The van der Waals surface area contributed by atoms with Crippen molar-refractivity contribution in [1.29, 1.82) is 0 Å². The lowest BCUT2D eigenvalue weighted by Gasteiger charge is -2.01. The Hall–Kier alpha value is -6.32. The minimum Gasteiger partial charge on any atom is -0.450 e. The van der Waals surface area contributed by atoms with Gasteiger partial charge in [-0.05, 0) is 48.5 Å². The first-order valence-electron chi connectivity index (χ1n) is 11.1. The van der Waals surface area contributed by atoms with Crippen LogP contribution in [-0.2, 0) is 0 Å². The van der Waals surface area contributed by atoms with Crippen LogP contribution in [0.3, 0.4) is 0 Å². The molecule has 0 aliphatic carbocycles. The van der Waals surface area contributed by atoms with E-state index >= 15 is 0 Å². The quantitative estimate of drug-likeness (QED) is 0.181. The molecule has 8 rings (SSSR count). The van der Waals surface area contributed by atoms with Crippen molar-refractivity contribution in [2.45, 2.75) is 0 Å². The van der Waals surface area contributed by atoms with E-state index in [1.807, 2.05) is 0 Å². The Labute approximate surface area is 219 Å². The van der Waals surface area contributed by atoms with Crippen molar-refractivity contribution in [2.24, 2.45) is 0 Å². The highest BCUT2D eigenvalue weighted by Gasteiger charge is 2.23. The summed E-state index contributed by atoms with van der Waals surface area (Å²) >= 11 is 0. The fourth-order valence-electron chi connectivity index (χ4n) is 3.84. The normalized spacial score (nSPS) is 10.8. The number of hydrogen-bond acceptors (Lipinski definition) is 10. The van der Waals surface area contributed by atoms with Crippen molar-refractivity contribution in [3.05, 3.63) is 113 Å². The molecule has 0 saturated carbocycles. The molecule has 0 saturated heterocycles. The van der Waals surface area contributed by atoms with Crippen molar-refractivity contribution in [3.8, 4) is 0 Å². The van der Waals surface area contributed by atoms with Crippen LogP contribution < -0.4 is 0 Å². The van der Waals surface area contributed by atoms with Gasteiger partial charge >= 0.3 is 11.4 Å². The van der Waals surface area contributed by atoms with E-state index in [1.165, 1.54) is 48.5 Å². The molecular weight excluding hydrogens is 532 g/mol. The molecule has 40 heavy (non-hydrogen) atoms. The smallest absolute Gasteiger partial charge is 0.318 e. The largest absolute Gasteiger partial charge is 0.450 e. The van der Waals surface area contributed by atoms with E-state index in [1.54, 1.807) is 0 Å². The minimum absolute atomic E-state index is 0.102. The van der Waals surface area contributed by atoms with Crippen molar-refractivity contribution >= 4 is 67.1 Å². The molecule has 200 valence electrons. The zero-order valence-electron chi connectivity index (χ0n) is 19.8. The van der Waals surface area contributed by atoms with Gasteiger partial charge < -0.3 is 18.8 Å². The van der Waals surface area contributed by atoms with E-state index in [-0.39, 0.29) is 33.4 Å². The van der Waals surface area contributed by atoms with Crippen LogP contribution in [0.5, 0.6) is 0 Å². The number of nitrogens with zero attached hydrogens (tertiary/aromatic N) is 4. The molecule has 16 nitrogen and oxygen atoms in total. The molecule has 0 fully saturated rings. The molecule has 4 aromatic heterocycles. The first-order valence-corrected chi connectivity index (χ1v) is 11.1. The van der Waals surface area contributed by atoms with E-state index < -0.39 is 42.4 Å². The molecule has 0 atom stereocenters. The highest BCUT2D eigenvalue weighted by Crippen LogP contribution is 2.31. The highest BCUT2D eigenvalue weighted by molar-refractivity contribution is 5.82. The molecule has 0 amide bonds. The first-order chi connectivity index (χ1) is 19.1. The van der Waals surface area contributed by atoms with E-state index in [0.29, 0.717) is 11.0 Å². The van der Waals surface area contributed by atoms with Crippen LogP contribution in [0.4, 0.5) is 22.7 Å². The summed E-state index contributed by atoms with van der Waals surface area (Å²) < 4.78 is 11.4. The Morgan fingerprint density at radius 3 is 1.10 bits per heavy atom. The Balaban J connectivity index is 1.97. The summed E-state index contributed by atoms with van der Waals surface area (Å²) in [6.07, 6.45) is 0. The number of rotatable bonds is 4. The van der Waals surface area contributed by atoms with Gasteiger partial charge in [0.05, 0.1) is 19.7 Å². The monoisotopic (exact) mass is 546 g/mol. The van der Waals surface area contributed by atoms with Gasteiger partial charge in [0.25, 0.3) is 11.4 Å². The van der Waals surface area contributed by atoms with Gasteiger partial charge in [0, 0.05) is 23.2 Å².